The number of morpholine rings is 1. The van der Waals surface area contributed by atoms with E-state index in [0.717, 1.165) is 49.9 Å². The standard InChI is InChI=1S/C14H22N2O3/c1-3-19-13-6-4-5-12(14(13)17-2)11-15-16-7-9-18-10-8-16/h4-6,15H,3,7-11H2,1-2H3. The van der Waals surface area contributed by atoms with Gasteiger partial charge in [0.15, 0.2) is 11.5 Å². The van der Waals surface area contributed by atoms with E-state index >= 15 is 0 Å². The van der Waals surface area contributed by atoms with Gasteiger partial charge in [-0.2, -0.15) is 0 Å². The van der Waals surface area contributed by atoms with Gasteiger partial charge in [-0.25, -0.2) is 5.01 Å². The summed E-state index contributed by atoms with van der Waals surface area (Å²) in [5.41, 5.74) is 4.50. The number of hydrogen-bond donors (Lipinski definition) is 1. The van der Waals surface area contributed by atoms with Crippen LogP contribution in [0.5, 0.6) is 11.5 Å². The Hall–Kier alpha value is -1.30. The van der Waals surface area contributed by atoms with Gasteiger partial charge < -0.3 is 14.2 Å². The normalized spacial score (nSPS) is 16.3. The Morgan fingerprint density at radius 2 is 2.11 bits per heavy atom. The highest BCUT2D eigenvalue weighted by molar-refractivity contribution is 5.46. The van der Waals surface area contributed by atoms with Crippen LogP contribution >= 0.6 is 0 Å². The highest BCUT2D eigenvalue weighted by atomic mass is 16.5. The van der Waals surface area contributed by atoms with Gasteiger partial charge in [0.2, 0.25) is 0 Å². The number of rotatable bonds is 6. The van der Waals surface area contributed by atoms with Gasteiger partial charge in [-0.3, -0.25) is 5.43 Å². The van der Waals surface area contributed by atoms with E-state index in [0.29, 0.717) is 6.61 Å². The molecule has 0 bridgehead atoms. The Morgan fingerprint density at radius 1 is 1.32 bits per heavy atom. The lowest BCUT2D eigenvalue weighted by molar-refractivity contribution is 0.0104. The lowest BCUT2D eigenvalue weighted by Gasteiger charge is -2.27. The molecule has 0 unspecified atom stereocenters. The summed E-state index contributed by atoms with van der Waals surface area (Å²) in [6.45, 7) is 6.71. The fourth-order valence-electron chi connectivity index (χ4n) is 2.12. The Kier molecular flexibility index (Phi) is 5.44. The van der Waals surface area contributed by atoms with E-state index in [1.807, 2.05) is 19.1 Å². The van der Waals surface area contributed by atoms with Gasteiger partial charge in [0, 0.05) is 25.2 Å². The molecule has 0 amide bonds. The molecule has 1 N–H and O–H groups in total. The summed E-state index contributed by atoms with van der Waals surface area (Å²) in [6.07, 6.45) is 0. The van der Waals surface area contributed by atoms with Gasteiger partial charge in [-0.1, -0.05) is 12.1 Å². The smallest absolute Gasteiger partial charge is 0.165 e. The lowest BCUT2D eigenvalue weighted by atomic mass is 10.2. The van der Waals surface area contributed by atoms with E-state index in [1.54, 1.807) is 7.11 Å². The van der Waals surface area contributed by atoms with Crippen LogP contribution in [0.4, 0.5) is 0 Å². The monoisotopic (exact) mass is 266 g/mol. The third-order valence-corrected chi connectivity index (χ3v) is 3.07. The number of ether oxygens (including phenoxy) is 3. The molecule has 1 saturated heterocycles. The van der Waals surface area contributed by atoms with Crippen molar-refractivity contribution in [2.24, 2.45) is 0 Å². The average Bonchev–Trinajstić information content (AvgIpc) is 2.46. The maximum Gasteiger partial charge on any atom is 0.165 e. The average molecular weight is 266 g/mol. The van der Waals surface area contributed by atoms with Crippen molar-refractivity contribution in [2.45, 2.75) is 13.5 Å². The van der Waals surface area contributed by atoms with Crippen LogP contribution in [-0.2, 0) is 11.3 Å². The molecule has 1 aromatic rings. The SMILES string of the molecule is CCOc1cccc(CNN2CCOCC2)c1OC. The predicted molar refractivity (Wildman–Crippen MR) is 73.4 cm³/mol. The van der Waals surface area contributed by atoms with Crippen LogP contribution in [-0.4, -0.2) is 45.0 Å². The van der Waals surface area contributed by atoms with Crippen LogP contribution in [0.2, 0.25) is 0 Å². The molecule has 0 aromatic heterocycles. The van der Waals surface area contributed by atoms with Crippen LogP contribution in [0.3, 0.4) is 0 Å². The van der Waals surface area contributed by atoms with E-state index in [4.69, 9.17) is 14.2 Å². The Bertz CT molecular complexity index is 392. The zero-order valence-electron chi connectivity index (χ0n) is 11.6. The van der Waals surface area contributed by atoms with Gasteiger partial charge in [0.25, 0.3) is 0 Å². The summed E-state index contributed by atoms with van der Waals surface area (Å²) in [5.74, 6) is 1.61. The fourth-order valence-corrected chi connectivity index (χ4v) is 2.12. The van der Waals surface area contributed by atoms with Crippen molar-refractivity contribution < 1.29 is 14.2 Å². The van der Waals surface area contributed by atoms with Gasteiger partial charge in [0.05, 0.1) is 26.9 Å². The van der Waals surface area contributed by atoms with Gasteiger partial charge in [-0.05, 0) is 13.0 Å². The second kappa shape index (κ2) is 7.33. The lowest BCUT2D eigenvalue weighted by Crippen LogP contribution is -2.45. The second-order valence-corrected chi connectivity index (χ2v) is 4.32. The van der Waals surface area contributed by atoms with Gasteiger partial charge in [0.1, 0.15) is 0 Å². The first-order valence-electron chi connectivity index (χ1n) is 6.70. The molecule has 1 aliphatic rings. The molecule has 1 heterocycles. The number of hydrazine groups is 1. The van der Waals surface area contributed by atoms with E-state index in [1.165, 1.54) is 0 Å². The number of para-hydroxylation sites is 1. The zero-order chi connectivity index (χ0) is 13.5. The third-order valence-electron chi connectivity index (χ3n) is 3.07. The van der Waals surface area contributed by atoms with Gasteiger partial charge in [-0.15, -0.1) is 0 Å². The molecule has 2 rings (SSSR count). The minimum atomic E-state index is 0.636. The topological polar surface area (TPSA) is 43.0 Å². The molecule has 5 nitrogen and oxygen atoms in total. The summed E-state index contributed by atoms with van der Waals surface area (Å²) in [6, 6.07) is 5.97. The molecule has 5 heteroatoms. The maximum absolute atomic E-state index is 5.57. The zero-order valence-corrected chi connectivity index (χ0v) is 11.6. The van der Waals surface area contributed by atoms with Crippen LogP contribution < -0.4 is 14.9 Å². The minimum Gasteiger partial charge on any atom is -0.493 e. The molecular weight excluding hydrogens is 244 g/mol. The summed E-state index contributed by atoms with van der Waals surface area (Å²) in [5, 5.41) is 2.18. The van der Waals surface area contributed by atoms with Crippen LogP contribution in [0.25, 0.3) is 0 Å². The van der Waals surface area contributed by atoms with Crippen molar-refractivity contribution in [3.8, 4) is 11.5 Å². The summed E-state index contributed by atoms with van der Waals surface area (Å²) in [7, 11) is 1.68. The minimum absolute atomic E-state index is 0.636. The van der Waals surface area contributed by atoms with Crippen molar-refractivity contribution in [1.29, 1.82) is 0 Å². The van der Waals surface area contributed by atoms with Crippen LogP contribution in [0, 0.1) is 0 Å². The summed E-state index contributed by atoms with van der Waals surface area (Å²) >= 11 is 0. The Labute approximate surface area is 114 Å². The van der Waals surface area contributed by atoms with Gasteiger partial charge >= 0.3 is 0 Å². The number of nitrogens with zero attached hydrogens (tertiary/aromatic N) is 1. The van der Waals surface area contributed by atoms with Crippen molar-refractivity contribution in [3.05, 3.63) is 23.8 Å². The van der Waals surface area contributed by atoms with Crippen molar-refractivity contribution in [3.63, 3.8) is 0 Å². The van der Waals surface area contributed by atoms with E-state index in [9.17, 15) is 0 Å². The van der Waals surface area contributed by atoms with Crippen molar-refractivity contribution in [1.82, 2.24) is 10.4 Å². The quantitative estimate of drug-likeness (QED) is 0.844. The Balaban J connectivity index is 2.00. The summed E-state index contributed by atoms with van der Waals surface area (Å²) in [4.78, 5) is 0. The molecule has 1 aliphatic heterocycles. The number of benzene rings is 1. The first-order chi connectivity index (χ1) is 9.35. The van der Waals surface area contributed by atoms with Crippen molar-refractivity contribution >= 4 is 0 Å². The molecule has 1 aromatic carbocycles. The molecule has 0 spiro atoms. The van der Waals surface area contributed by atoms with E-state index < -0.39 is 0 Å². The van der Waals surface area contributed by atoms with Crippen LogP contribution in [0.15, 0.2) is 18.2 Å². The third kappa shape index (κ3) is 3.83. The van der Waals surface area contributed by atoms with Crippen LogP contribution in [0.1, 0.15) is 12.5 Å². The fraction of sp³-hybridized carbons (Fsp3) is 0.571. The maximum atomic E-state index is 5.57. The number of nitrogens with one attached hydrogen (secondary N) is 1. The predicted octanol–water partition coefficient (Wildman–Crippen LogP) is 1.43. The highest BCUT2D eigenvalue weighted by Crippen LogP contribution is 2.30. The summed E-state index contributed by atoms with van der Waals surface area (Å²) < 4.78 is 16.4. The second-order valence-electron chi connectivity index (χ2n) is 4.32. The van der Waals surface area contributed by atoms with E-state index in [2.05, 4.69) is 16.5 Å². The molecular formula is C14H22N2O3. The molecule has 19 heavy (non-hydrogen) atoms. The first kappa shape index (κ1) is 14.1. The van der Waals surface area contributed by atoms with E-state index in [-0.39, 0.29) is 0 Å². The number of methoxy groups -OCH3 is 1. The molecule has 0 saturated carbocycles. The largest absolute Gasteiger partial charge is 0.493 e. The Morgan fingerprint density at radius 3 is 2.79 bits per heavy atom. The first-order valence-corrected chi connectivity index (χ1v) is 6.70. The van der Waals surface area contributed by atoms with Crippen molar-refractivity contribution in [2.75, 3.05) is 40.0 Å². The number of hydrogen-bond acceptors (Lipinski definition) is 5. The molecule has 106 valence electrons. The molecule has 0 aliphatic carbocycles. The molecule has 0 atom stereocenters. The highest BCUT2D eigenvalue weighted by Gasteiger charge is 2.13. The molecule has 1 fully saturated rings. The molecule has 0 radical (unpaired) electrons.